The summed E-state index contributed by atoms with van der Waals surface area (Å²) in [5.74, 6) is -0.468. The third-order valence-electron chi connectivity index (χ3n) is 2.08. The summed E-state index contributed by atoms with van der Waals surface area (Å²) in [6.07, 6.45) is 3.45. The van der Waals surface area contributed by atoms with Gasteiger partial charge in [0.15, 0.2) is 0 Å². The molecule has 1 aliphatic heterocycles. The third-order valence-corrected chi connectivity index (χ3v) is 2.08. The summed E-state index contributed by atoms with van der Waals surface area (Å²) in [5.41, 5.74) is -1.63. The second kappa shape index (κ2) is 3.28. The zero-order valence-electron chi connectivity index (χ0n) is 9.03. The molecule has 1 rings (SSSR count). The van der Waals surface area contributed by atoms with Crippen molar-refractivity contribution in [2.45, 2.75) is 45.3 Å². The molecule has 0 saturated heterocycles. The van der Waals surface area contributed by atoms with Crippen molar-refractivity contribution >= 4 is 5.97 Å². The maximum absolute atomic E-state index is 11.7. The Morgan fingerprint density at radius 1 is 1.57 bits per heavy atom. The molecule has 4 heteroatoms. The topological polar surface area (TPSA) is 52.6 Å². The second-order valence-corrected chi connectivity index (χ2v) is 4.69. The molecule has 0 saturated carbocycles. The van der Waals surface area contributed by atoms with E-state index >= 15 is 0 Å². The zero-order valence-corrected chi connectivity index (χ0v) is 9.03. The molecule has 1 unspecified atom stereocenters. The molecule has 0 aromatic carbocycles. The lowest BCUT2D eigenvalue weighted by Gasteiger charge is -2.40. The molecular formula is C10H16NO3-. The Morgan fingerprint density at radius 2 is 2.14 bits per heavy atom. The van der Waals surface area contributed by atoms with Gasteiger partial charge in [0, 0.05) is 0 Å². The van der Waals surface area contributed by atoms with Gasteiger partial charge < -0.3 is 15.0 Å². The van der Waals surface area contributed by atoms with Crippen molar-refractivity contribution in [1.29, 1.82) is 0 Å². The maximum atomic E-state index is 11.7. The Hall–Kier alpha value is -1.03. The van der Waals surface area contributed by atoms with Crippen molar-refractivity contribution < 1.29 is 9.53 Å². The van der Waals surface area contributed by atoms with Gasteiger partial charge in [-0.2, -0.15) is 0 Å². The van der Waals surface area contributed by atoms with Crippen molar-refractivity contribution in [3.8, 4) is 0 Å². The van der Waals surface area contributed by atoms with E-state index in [1.165, 1.54) is 6.20 Å². The maximum Gasteiger partial charge on any atom is 0.331 e. The van der Waals surface area contributed by atoms with Gasteiger partial charge in [0.25, 0.3) is 0 Å². The second-order valence-electron chi connectivity index (χ2n) is 4.69. The number of hydroxylamine groups is 2. The highest BCUT2D eigenvalue weighted by Gasteiger charge is 2.39. The highest BCUT2D eigenvalue weighted by atomic mass is 16.6. The molecular weight excluding hydrogens is 182 g/mol. The van der Waals surface area contributed by atoms with Gasteiger partial charge in [-0.05, 0) is 40.3 Å². The van der Waals surface area contributed by atoms with E-state index < -0.39 is 17.1 Å². The van der Waals surface area contributed by atoms with Crippen LogP contribution in [0.25, 0.3) is 0 Å². The number of hydrogen-bond acceptors (Lipinski definition) is 4. The minimum absolute atomic E-state index is 0.408. The summed E-state index contributed by atoms with van der Waals surface area (Å²) >= 11 is 0. The molecule has 1 atom stereocenters. The highest BCUT2D eigenvalue weighted by molar-refractivity contribution is 5.81. The van der Waals surface area contributed by atoms with Crippen molar-refractivity contribution in [3.63, 3.8) is 0 Å². The fourth-order valence-corrected chi connectivity index (χ4v) is 1.19. The Labute approximate surface area is 84.1 Å². The van der Waals surface area contributed by atoms with E-state index in [2.05, 4.69) is 0 Å². The molecule has 1 aliphatic rings. The highest BCUT2D eigenvalue weighted by Crippen LogP contribution is 2.28. The molecule has 0 aliphatic carbocycles. The Bertz CT molecular complexity index is 267. The zero-order chi connectivity index (χ0) is 11.0. The van der Waals surface area contributed by atoms with E-state index in [1.807, 2.05) is 0 Å². The SMILES string of the molecule is CC(C)(C)OC(=O)C1(C)CC=CN1[O-]. The monoisotopic (exact) mass is 198 g/mol. The van der Waals surface area contributed by atoms with Crippen LogP contribution >= 0.6 is 0 Å². The lowest BCUT2D eigenvalue weighted by atomic mass is 10.0. The molecule has 1 heterocycles. The van der Waals surface area contributed by atoms with Crippen LogP contribution in [0.4, 0.5) is 0 Å². The first-order valence-electron chi connectivity index (χ1n) is 4.62. The number of esters is 1. The van der Waals surface area contributed by atoms with Crippen molar-refractivity contribution in [2.24, 2.45) is 0 Å². The van der Waals surface area contributed by atoms with E-state index in [-0.39, 0.29) is 0 Å². The first-order valence-corrected chi connectivity index (χ1v) is 4.62. The van der Waals surface area contributed by atoms with Gasteiger partial charge in [-0.1, -0.05) is 6.08 Å². The van der Waals surface area contributed by atoms with E-state index in [1.54, 1.807) is 33.8 Å². The van der Waals surface area contributed by atoms with Crippen LogP contribution in [-0.2, 0) is 9.53 Å². The normalized spacial score (nSPS) is 26.8. The number of nitrogens with zero attached hydrogens (tertiary/aromatic N) is 1. The van der Waals surface area contributed by atoms with Gasteiger partial charge >= 0.3 is 5.97 Å². The lowest BCUT2D eigenvalue weighted by molar-refractivity contribution is -0.165. The summed E-state index contributed by atoms with van der Waals surface area (Å²) in [7, 11) is 0. The molecule has 0 aromatic heterocycles. The predicted octanol–water partition coefficient (Wildman–Crippen LogP) is 1.80. The van der Waals surface area contributed by atoms with Crippen molar-refractivity contribution in [3.05, 3.63) is 17.5 Å². The minimum Gasteiger partial charge on any atom is -0.758 e. The quantitative estimate of drug-likeness (QED) is 0.603. The Morgan fingerprint density at radius 3 is 2.50 bits per heavy atom. The first-order chi connectivity index (χ1) is 6.26. The molecule has 4 nitrogen and oxygen atoms in total. The van der Waals surface area contributed by atoms with Crippen LogP contribution in [0.15, 0.2) is 12.3 Å². The average molecular weight is 198 g/mol. The third kappa shape index (κ3) is 2.07. The van der Waals surface area contributed by atoms with E-state index in [9.17, 15) is 10.0 Å². The number of rotatable bonds is 1. The summed E-state index contributed by atoms with van der Waals surface area (Å²) < 4.78 is 5.17. The fourth-order valence-electron chi connectivity index (χ4n) is 1.19. The number of ether oxygens (including phenoxy) is 1. The molecule has 0 radical (unpaired) electrons. The van der Waals surface area contributed by atoms with Crippen molar-refractivity contribution in [2.75, 3.05) is 0 Å². The van der Waals surface area contributed by atoms with E-state index in [4.69, 9.17) is 4.74 Å². The Kier molecular flexibility index (Phi) is 2.58. The summed E-state index contributed by atoms with van der Waals surface area (Å²) in [6, 6.07) is 0. The van der Waals surface area contributed by atoms with Crippen LogP contribution < -0.4 is 0 Å². The smallest absolute Gasteiger partial charge is 0.331 e. The molecule has 14 heavy (non-hydrogen) atoms. The van der Waals surface area contributed by atoms with Crippen LogP contribution in [0.3, 0.4) is 0 Å². The molecule has 0 bridgehead atoms. The van der Waals surface area contributed by atoms with Gasteiger partial charge in [0.05, 0.1) is 0 Å². The van der Waals surface area contributed by atoms with Gasteiger partial charge in [-0.25, -0.2) is 4.79 Å². The van der Waals surface area contributed by atoms with E-state index in [0.717, 1.165) is 0 Å². The fraction of sp³-hybridized carbons (Fsp3) is 0.700. The van der Waals surface area contributed by atoms with Crippen LogP contribution in [0.1, 0.15) is 34.1 Å². The number of hydrogen-bond donors (Lipinski definition) is 0. The largest absolute Gasteiger partial charge is 0.758 e. The van der Waals surface area contributed by atoms with Crippen LogP contribution in [0, 0.1) is 5.21 Å². The summed E-state index contributed by atoms with van der Waals surface area (Å²) in [6.45, 7) is 6.94. The molecule has 0 fully saturated rings. The minimum atomic E-state index is -1.08. The number of carbonyl (C=O) groups excluding carboxylic acids is 1. The lowest BCUT2D eigenvalue weighted by Crippen LogP contribution is -2.47. The first kappa shape index (κ1) is 11.0. The molecule has 0 aromatic rings. The summed E-state index contributed by atoms with van der Waals surface area (Å²) in [4.78, 5) is 11.7. The average Bonchev–Trinajstić information content (AvgIpc) is 2.30. The summed E-state index contributed by atoms with van der Waals surface area (Å²) in [5, 5.41) is 12.0. The van der Waals surface area contributed by atoms with E-state index in [0.29, 0.717) is 11.5 Å². The van der Waals surface area contributed by atoms with Gasteiger partial charge in [0.2, 0.25) is 0 Å². The van der Waals surface area contributed by atoms with Crippen LogP contribution in [-0.4, -0.2) is 22.2 Å². The van der Waals surface area contributed by atoms with Gasteiger partial charge in [-0.3, -0.25) is 0 Å². The van der Waals surface area contributed by atoms with Crippen LogP contribution in [0.2, 0.25) is 0 Å². The molecule has 0 spiro atoms. The van der Waals surface area contributed by atoms with Crippen LogP contribution in [0.5, 0.6) is 0 Å². The van der Waals surface area contributed by atoms with Crippen molar-refractivity contribution in [1.82, 2.24) is 5.06 Å². The molecule has 0 amide bonds. The molecule has 0 N–H and O–H groups in total. The van der Waals surface area contributed by atoms with Gasteiger partial charge in [-0.15, -0.1) is 0 Å². The van der Waals surface area contributed by atoms with Gasteiger partial charge in [0.1, 0.15) is 11.1 Å². The molecule has 80 valence electrons. The number of carbonyl (C=O) groups is 1. The predicted molar refractivity (Wildman–Crippen MR) is 53.2 cm³/mol. The Balaban J connectivity index is 2.70. The standard InChI is InChI=1S/C10H16NO3/c1-9(2,3)14-8(12)10(4)6-5-7-11(10)13/h5,7H,6H2,1-4H3/q-1.